The maximum atomic E-state index is 12.2. The first-order valence-corrected chi connectivity index (χ1v) is 6.80. The lowest BCUT2D eigenvalue weighted by Crippen LogP contribution is -2.37. The highest BCUT2D eigenvalue weighted by molar-refractivity contribution is 5.98. The van der Waals surface area contributed by atoms with Crippen molar-refractivity contribution < 1.29 is 14.2 Å². The largest absolute Gasteiger partial charge is 0.399 e. The third-order valence-corrected chi connectivity index (χ3v) is 3.14. The molecule has 0 aliphatic heterocycles. The maximum Gasteiger partial charge on any atom is 0.251 e. The van der Waals surface area contributed by atoms with Gasteiger partial charge in [-0.15, -0.1) is 0 Å². The molecule has 0 aliphatic carbocycles. The van der Waals surface area contributed by atoms with Gasteiger partial charge in [-0.05, 0) is 26.0 Å². The van der Waals surface area contributed by atoms with Crippen molar-refractivity contribution in [2.75, 3.05) is 7.11 Å². The Balaban J connectivity index is 2.07. The zero-order valence-electron chi connectivity index (χ0n) is 13.0. The number of nitrogens with one attached hydrogen (secondary N) is 1. The Morgan fingerprint density at radius 2 is 2.05 bits per heavy atom. The lowest BCUT2D eigenvalue weighted by atomic mass is 10.1. The molecule has 1 amide bonds. The molecule has 2 aromatic rings. The van der Waals surface area contributed by atoms with Gasteiger partial charge in [0.15, 0.2) is 0 Å². The summed E-state index contributed by atoms with van der Waals surface area (Å²) < 4.78 is 4.93. The predicted octanol–water partition coefficient (Wildman–Crippen LogP) is 2.19. The van der Waals surface area contributed by atoms with Gasteiger partial charge in [0, 0.05) is 18.1 Å². The molecule has 0 aliphatic rings. The fraction of sp³-hybridized carbons (Fsp3) is 0.333. The molecule has 0 spiro atoms. The van der Waals surface area contributed by atoms with Crippen molar-refractivity contribution in [3.05, 3.63) is 35.7 Å². The lowest BCUT2D eigenvalue weighted by molar-refractivity contribution is 0.0948. The zero-order valence-corrected chi connectivity index (χ0v) is 13.0. The highest BCUT2D eigenvalue weighted by atomic mass is 16.6. The Labute approximate surface area is 128 Å². The number of benzene rings is 1. The van der Waals surface area contributed by atoms with Gasteiger partial charge in [0.2, 0.25) is 11.7 Å². The number of hydrogen-bond acceptors (Lipinski definition) is 6. The fourth-order valence-corrected chi connectivity index (χ4v) is 1.79. The van der Waals surface area contributed by atoms with E-state index in [0.29, 0.717) is 23.0 Å². The first-order chi connectivity index (χ1) is 10.5. The Morgan fingerprint density at radius 1 is 1.36 bits per heavy atom. The number of rotatable bonds is 5. The molecular weight excluding hydrogens is 284 g/mol. The van der Waals surface area contributed by atoms with Gasteiger partial charge in [-0.1, -0.05) is 22.4 Å². The van der Waals surface area contributed by atoms with E-state index in [4.69, 9.17) is 9.36 Å². The van der Waals surface area contributed by atoms with Crippen molar-refractivity contribution in [3.63, 3.8) is 0 Å². The summed E-state index contributed by atoms with van der Waals surface area (Å²) in [6.45, 7) is 5.35. The minimum absolute atomic E-state index is 0.186. The molecule has 0 bridgehead atoms. The highest BCUT2D eigenvalue weighted by Gasteiger charge is 2.13. The van der Waals surface area contributed by atoms with E-state index in [1.165, 1.54) is 7.11 Å². The van der Waals surface area contributed by atoms with Crippen LogP contribution in [0.3, 0.4) is 0 Å². The van der Waals surface area contributed by atoms with Crippen molar-refractivity contribution in [1.82, 2.24) is 15.5 Å². The monoisotopic (exact) mass is 302 g/mol. The number of oxime groups is 1. The van der Waals surface area contributed by atoms with Gasteiger partial charge >= 0.3 is 0 Å². The second kappa shape index (κ2) is 6.84. The predicted molar refractivity (Wildman–Crippen MR) is 81.5 cm³/mol. The van der Waals surface area contributed by atoms with Crippen LogP contribution in [-0.2, 0) is 4.84 Å². The van der Waals surface area contributed by atoms with Crippen LogP contribution in [0.15, 0.2) is 33.9 Å². The van der Waals surface area contributed by atoms with Crippen LogP contribution in [-0.4, -0.2) is 34.9 Å². The molecule has 1 heterocycles. The molecule has 1 atom stereocenters. The van der Waals surface area contributed by atoms with E-state index in [9.17, 15) is 4.79 Å². The molecule has 1 aromatic heterocycles. The van der Waals surface area contributed by atoms with Crippen LogP contribution in [0, 0.1) is 6.92 Å². The van der Waals surface area contributed by atoms with E-state index in [1.54, 1.807) is 38.1 Å². The Bertz CT molecular complexity index is 676. The summed E-state index contributed by atoms with van der Waals surface area (Å²) in [5.41, 5.74) is 2.02. The summed E-state index contributed by atoms with van der Waals surface area (Å²) in [7, 11) is 1.47. The van der Waals surface area contributed by atoms with Crippen LogP contribution in [0.4, 0.5) is 0 Å². The standard InChI is InChI=1S/C15H18N4O3/c1-9(10(2)18-21-4)16-15(20)13-7-5-12(6-8-13)14-17-11(3)22-19-14/h5-9H,1-4H3,(H,16,20)/b18-10+. The first-order valence-electron chi connectivity index (χ1n) is 6.80. The van der Waals surface area contributed by atoms with Gasteiger partial charge in [-0.2, -0.15) is 4.98 Å². The Morgan fingerprint density at radius 3 is 2.59 bits per heavy atom. The fourth-order valence-electron chi connectivity index (χ4n) is 1.79. The second-order valence-corrected chi connectivity index (χ2v) is 4.82. The van der Waals surface area contributed by atoms with Gasteiger partial charge in [-0.25, -0.2) is 0 Å². The van der Waals surface area contributed by atoms with Crippen LogP contribution in [0.2, 0.25) is 0 Å². The molecular formula is C15H18N4O3. The smallest absolute Gasteiger partial charge is 0.251 e. The van der Waals surface area contributed by atoms with Gasteiger partial charge in [0.05, 0.1) is 11.8 Å². The van der Waals surface area contributed by atoms with E-state index in [2.05, 4.69) is 20.6 Å². The second-order valence-electron chi connectivity index (χ2n) is 4.82. The molecule has 0 fully saturated rings. The van der Waals surface area contributed by atoms with Gasteiger partial charge in [0.25, 0.3) is 5.91 Å². The average Bonchev–Trinajstić information content (AvgIpc) is 2.94. The van der Waals surface area contributed by atoms with Gasteiger partial charge in [0.1, 0.15) is 7.11 Å². The molecule has 2 rings (SSSR count). The van der Waals surface area contributed by atoms with Crippen molar-refractivity contribution in [3.8, 4) is 11.4 Å². The van der Waals surface area contributed by atoms with Crippen molar-refractivity contribution in [1.29, 1.82) is 0 Å². The van der Waals surface area contributed by atoms with E-state index >= 15 is 0 Å². The van der Waals surface area contributed by atoms with E-state index in [0.717, 1.165) is 5.56 Å². The third-order valence-electron chi connectivity index (χ3n) is 3.14. The van der Waals surface area contributed by atoms with E-state index in [1.807, 2.05) is 6.92 Å². The van der Waals surface area contributed by atoms with E-state index in [-0.39, 0.29) is 11.9 Å². The minimum Gasteiger partial charge on any atom is -0.399 e. The Hall–Kier alpha value is -2.70. The summed E-state index contributed by atoms with van der Waals surface area (Å²) in [6, 6.07) is 6.77. The summed E-state index contributed by atoms with van der Waals surface area (Å²) in [5, 5.41) is 10.5. The number of hydrogen-bond donors (Lipinski definition) is 1. The lowest BCUT2D eigenvalue weighted by Gasteiger charge is -2.13. The number of carbonyl (C=O) groups is 1. The van der Waals surface area contributed by atoms with Crippen LogP contribution in [0.5, 0.6) is 0 Å². The molecule has 22 heavy (non-hydrogen) atoms. The maximum absolute atomic E-state index is 12.2. The molecule has 1 aromatic carbocycles. The molecule has 7 heteroatoms. The number of aryl methyl sites for hydroxylation is 1. The van der Waals surface area contributed by atoms with Gasteiger partial charge < -0.3 is 14.7 Å². The normalized spacial score (nSPS) is 12.8. The number of amides is 1. The molecule has 1 unspecified atom stereocenters. The molecule has 0 saturated carbocycles. The number of aromatic nitrogens is 2. The quantitative estimate of drug-likeness (QED) is 0.675. The SMILES string of the molecule is CO/N=C(\C)C(C)NC(=O)c1ccc(-c2noc(C)n2)cc1. The Kier molecular flexibility index (Phi) is 4.88. The van der Waals surface area contributed by atoms with Crippen LogP contribution < -0.4 is 5.32 Å². The summed E-state index contributed by atoms with van der Waals surface area (Å²) in [6.07, 6.45) is 0. The van der Waals surface area contributed by atoms with Crippen LogP contribution in [0.25, 0.3) is 11.4 Å². The van der Waals surface area contributed by atoms with Crippen LogP contribution in [0.1, 0.15) is 30.1 Å². The zero-order chi connectivity index (χ0) is 16.1. The van der Waals surface area contributed by atoms with Gasteiger partial charge in [-0.3, -0.25) is 4.79 Å². The molecule has 0 saturated heterocycles. The summed E-state index contributed by atoms with van der Waals surface area (Å²) in [5.74, 6) is 0.813. The molecule has 1 N–H and O–H groups in total. The summed E-state index contributed by atoms with van der Waals surface area (Å²) in [4.78, 5) is 21.0. The van der Waals surface area contributed by atoms with Crippen LogP contribution >= 0.6 is 0 Å². The minimum atomic E-state index is -0.216. The van der Waals surface area contributed by atoms with Crippen molar-refractivity contribution in [2.24, 2.45) is 5.16 Å². The van der Waals surface area contributed by atoms with Crippen molar-refractivity contribution >= 4 is 11.6 Å². The van der Waals surface area contributed by atoms with E-state index < -0.39 is 0 Å². The molecule has 116 valence electrons. The molecule has 0 radical (unpaired) electrons. The highest BCUT2D eigenvalue weighted by Crippen LogP contribution is 2.16. The first kappa shape index (κ1) is 15.7. The third kappa shape index (κ3) is 3.69. The van der Waals surface area contributed by atoms with Crippen molar-refractivity contribution in [2.45, 2.75) is 26.8 Å². The number of carbonyl (C=O) groups excluding carboxylic acids is 1. The molecule has 7 nitrogen and oxygen atoms in total. The summed E-state index contributed by atoms with van der Waals surface area (Å²) >= 11 is 0. The topological polar surface area (TPSA) is 89.6 Å². The average molecular weight is 302 g/mol. The number of nitrogens with zero attached hydrogens (tertiary/aromatic N) is 3.